The van der Waals surface area contributed by atoms with Crippen molar-refractivity contribution in [2.75, 3.05) is 5.32 Å². The number of hydrogen-bond acceptors (Lipinski definition) is 4. The quantitative estimate of drug-likeness (QED) is 0.780. The second-order valence-electron chi connectivity index (χ2n) is 4.91. The standard InChI is InChI=1S/C16H17N5/c1-13(20-16-10-17-7-8-18-16)15-9-19-21(12-15)11-14-5-3-2-4-6-14/h2-10,12-13H,11H2,1H3,(H,18,20). The summed E-state index contributed by atoms with van der Waals surface area (Å²) in [5.74, 6) is 0.765. The van der Waals surface area contributed by atoms with Crippen LogP contribution in [0, 0.1) is 0 Å². The molecule has 0 saturated carbocycles. The van der Waals surface area contributed by atoms with Gasteiger partial charge in [0, 0.05) is 24.2 Å². The predicted octanol–water partition coefficient (Wildman–Crippen LogP) is 2.89. The molecular weight excluding hydrogens is 262 g/mol. The number of anilines is 1. The van der Waals surface area contributed by atoms with Crippen LogP contribution in [0.15, 0.2) is 61.3 Å². The molecule has 3 rings (SSSR count). The summed E-state index contributed by atoms with van der Waals surface area (Å²) in [5.41, 5.74) is 2.36. The normalized spacial score (nSPS) is 12.0. The van der Waals surface area contributed by atoms with Gasteiger partial charge in [0.2, 0.25) is 0 Å². The molecule has 5 heteroatoms. The van der Waals surface area contributed by atoms with E-state index >= 15 is 0 Å². The van der Waals surface area contributed by atoms with E-state index in [0.717, 1.165) is 17.9 Å². The zero-order valence-electron chi connectivity index (χ0n) is 11.8. The van der Waals surface area contributed by atoms with Gasteiger partial charge in [0.05, 0.1) is 25.0 Å². The zero-order valence-corrected chi connectivity index (χ0v) is 11.8. The third kappa shape index (κ3) is 3.45. The summed E-state index contributed by atoms with van der Waals surface area (Å²) in [5, 5.41) is 7.72. The Bertz CT molecular complexity index is 678. The first kappa shape index (κ1) is 13.3. The lowest BCUT2D eigenvalue weighted by molar-refractivity contribution is 0.685. The van der Waals surface area contributed by atoms with E-state index in [9.17, 15) is 0 Å². The molecule has 2 heterocycles. The molecule has 3 aromatic rings. The summed E-state index contributed by atoms with van der Waals surface area (Å²) in [6.45, 7) is 2.86. The van der Waals surface area contributed by atoms with Crippen LogP contribution in [0.2, 0.25) is 0 Å². The largest absolute Gasteiger partial charge is 0.362 e. The van der Waals surface area contributed by atoms with Crippen LogP contribution in [0.4, 0.5) is 5.82 Å². The van der Waals surface area contributed by atoms with Gasteiger partial charge >= 0.3 is 0 Å². The molecule has 0 aliphatic carbocycles. The molecule has 2 aromatic heterocycles. The maximum absolute atomic E-state index is 4.41. The molecule has 1 atom stereocenters. The molecule has 5 nitrogen and oxygen atoms in total. The highest BCUT2D eigenvalue weighted by molar-refractivity contribution is 5.34. The van der Waals surface area contributed by atoms with Crippen LogP contribution in [-0.4, -0.2) is 19.7 Å². The number of nitrogens with one attached hydrogen (secondary N) is 1. The maximum atomic E-state index is 4.41. The molecule has 0 amide bonds. The Morgan fingerprint density at radius 2 is 2.00 bits per heavy atom. The number of aromatic nitrogens is 4. The average molecular weight is 279 g/mol. The molecule has 0 aliphatic rings. The second kappa shape index (κ2) is 6.17. The minimum Gasteiger partial charge on any atom is -0.362 e. The van der Waals surface area contributed by atoms with Crippen molar-refractivity contribution in [1.29, 1.82) is 0 Å². The van der Waals surface area contributed by atoms with E-state index in [1.807, 2.05) is 29.1 Å². The van der Waals surface area contributed by atoms with Crippen molar-refractivity contribution >= 4 is 5.82 Å². The van der Waals surface area contributed by atoms with Gasteiger partial charge < -0.3 is 5.32 Å². The monoisotopic (exact) mass is 279 g/mol. The van der Waals surface area contributed by atoms with E-state index < -0.39 is 0 Å². The Morgan fingerprint density at radius 1 is 1.14 bits per heavy atom. The summed E-state index contributed by atoms with van der Waals surface area (Å²) in [7, 11) is 0. The van der Waals surface area contributed by atoms with Crippen LogP contribution in [-0.2, 0) is 6.54 Å². The van der Waals surface area contributed by atoms with Crippen molar-refractivity contribution in [3.63, 3.8) is 0 Å². The van der Waals surface area contributed by atoms with Gasteiger partial charge in [0.25, 0.3) is 0 Å². The van der Waals surface area contributed by atoms with Crippen LogP contribution in [0.25, 0.3) is 0 Å². The minimum atomic E-state index is 0.131. The van der Waals surface area contributed by atoms with Crippen LogP contribution in [0.5, 0.6) is 0 Å². The van der Waals surface area contributed by atoms with Crippen molar-refractivity contribution in [2.24, 2.45) is 0 Å². The van der Waals surface area contributed by atoms with Crippen molar-refractivity contribution in [3.8, 4) is 0 Å². The lowest BCUT2D eigenvalue weighted by Gasteiger charge is -2.11. The van der Waals surface area contributed by atoms with Crippen molar-refractivity contribution < 1.29 is 0 Å². The number of benzene rings is 1. The Hall–Kier alpha value is -2.69. The van der Waals surface area contributed by atoms with Crippen molar-refractivity contribution in [1.82, 2.24) is 19.7 Å². The van der Waals surface area contributed by atoms with E-state index in [0.29, 0.717) is 0 Å². The van der Waals surface area contributed by atoms with Gasteiger partial charge in [-0.3, -0.25) is 9.67 Å². The topological polar surface area (TPSA) is 55.6 Å². The molecule has 1 unspecified atom stereocenters. The zero-order chi connectivity index (χ0) is 14.5. The van der Waals surface area contributed by atoms with Gasteiger partial charge in [-0.05, 0) is 12.5 Å². The fourth-order valence-corrected chi connectivity index (χ4v) is 2.14. The van der Waals surface area contributed by atoms with E-state index in [4.69, 9.17) is 0 Å². The first-order valence-corrected chi connectivity index (χ1v) is 6.90. The van der Waals surface area contributed by atoms with Gasteiger partial charge in [0.15, 0.2) is 0 Å². The van der Waals surface area contributed by atoms with E-state index in [-0.39, 0.29) is 6.04 Å². The Morgan fingerprint density at radius 3 is 2.76 bits per heavy atom. The highest BCUT2D eigenvalue weighted by Gasteiger charge is 2.09. The highest BCUT2D eigenvalue weighted by Crippen LogP contribution is 2.16. The molecule has 0 fully saturated rings. The highest BCUT2D eigenvalue weighted by atomic mass is 15.3. The van der Waals surface area contributed by atoms with Gasteiger partial charge in [0.1, 0.15) is 5.82 Å². The molecule has 106 valence electrons. The second-order valence-corrected chi connectivity index (χ2v) is 4.91. The lowest BCUT2D eigenvalue weighted by Crippen LogP contribution is -2.07. The SMILES string of the molecule is CC(Nc1cnccn1)c1cnn(Cc2ccccc2)c1. The molecule has 1 N–H and O–H groups in total. The minimum absolute atomic E-state index is 0.131. The smallest absolute Gasteiger partial charge is 0.144 e. The third-order valence-corrected chi connectivity index (χ3v) is 3.27. The van der Waals surface area contributed by atoms with Gasteiger partial charge in [-0.15, -0.1) is 0 Å². The molecule has 0 bridgehead atoms. The van der Waals surface area contributed by atoms with Crippen LogP contribution in [0.1, 0.15) is 24.1 Å². The summed E-state index contributed by atoms with van der Waals surface area (Å²) < 4.78 is 1.94. The summed E-state index contributed by atoms with van der Waals surface area (Å²) in [4.78, 5) is 8.26. The molecule has 0 spiro atoms. The van der Waals surface area contributed by atoms with Crippen molar-refractivity contribution in [2.45, 2.75) is 19.5 Å². The molecular formula is C16H17N5. The molecule has 0 radical (unpaired) electrons. The predicted molar refractivity (Wildman–Crippen MR) is 81.8 cm³/mol. The van der Waals surface area contributed by atoms with Crippen LogP contribution < -0.4 is 5.32 Å². The van der Waals surface area contributed by atoms with E-state index in [2.05, 4.69) is 45.6 Å². The lowest BCUT2D eigenvalue weighted by atomic mass is 10.2. The molecule has 1 aromatic carbocycles. The Kier molecular flexibility index (Phi) is 3.91. The van der Waals surface area contributed by atoms with Gasteiger partial charge in [-0.2, -0.15) is 5.10 Å². The van der Waals surface area contributed by atoms with E-state index in [1.54, 1.807) is 18.6 Å². The van der Waals surface area contributed by atoms with E-state index in [1.165, 1.54) is 5.56 Å². The number of nitrogens with zero attached hydrogens (tertiary/aromatic N) is 4. The van der Waals surface area contributed by atoms with Crippen molar-refractivity contribution in [3.05, 3.63) is 72.4 Å². The molecule has 0 aliphatic heterocycles. The molecule has 21 heavy (non-hydrogen) atoms. The maximum Gasteiger partial charge on any atom is 0.144 e. The number of rotatable bonds is 5. The third-order valence-electron chi connectivity index (χ3n) is 3.27. The van der Waals surface area contributed by atoms with Gasteiger partial charge in [-0.25, -0.2) is 4.98 Å². The number of hydrogen-bond donors (Lipinski definition) is 1. The Labute approximate surface area is 123 Å². The average Bonchev–Trinajstić information content (AvgIpc) is 2.98. The van der Waals surface area contributed by atoms with Crippen LogP contribution in [0.3, 0.4) is 0 Å². The summed E-state index contributed by atoms with van der Waals surface area (Å²) >= 11 is 0. The fourth-order valence-electron chi connectivity index (χ4n) is 2.14. The molecule has 0 saturated heterocycles. The Balaban J connectivity index is 1.67. The van der Waals surface area contributed by atoms with Crippen LogP contribution >= 0.6 is 0 Å². The first-order valence-electron chi connectivity index (χ1n) is 6.90. The summed E-state index contributed by atoms with van der Waals surface area (Å²) in [6.07, 6.45) is 8.99. The fraction of sp³-hybridized carbons (Fsp3) is 0.188. The first-order chi connectivity index (χ1) is 10.3. The van der Waals surface area contributed by atoms with Gasteiger partial charge in [-0.1, -0.05) is 30.3 Å². The summed E-state index contributed by atoms with van der Waals surface area (Å²) in [6, 6.07) is 10.4.